The molecule has 1 aromatic rings. The first kappa shape index (κ1) is 13.3. The highest BCUT2D eigenvalue weighted by molar-refractivity contribution is 5.73. The van der Waals surface area contributed by atoms with E-state index in [4.69, 9.17) is 4.74 Å². The molecule has 0 aliphatic carbocycles. The number of methoxy groups -OCH3 is 1. The Hall–Kier alpha value is -1.78. The van der Waals surface area contributed by atoms with E-state index in [1.165, 1.54) is 11.7 Å². The lowest BCUT2D eigenvalue weighted by molar-refractivity contribution is -0.144. The Bertz CT molecular complexity index is 438. The molecule has 17 heavy (non-hydrogen) atoms. The van der Waals surface area contributed by atoms with E-state index in [9.17, 15) is 9.59 Å². The fraction of sp³-hybridized carbons (Fsp3) is 0.500. The van der Waals surface area contributed by atoms with Crippen LogP contribution in [0.2, 0.25) is 0 Å². The van der Waals surface area contributed by atoms with E-state index in [0.29, 0.717) is 6.61 Å². The van der Waals surface area contributed by atoms with Crippen LogP contribution in [0, 0.1) is 0 Å². The van der Waals surface area contributed by atoms with Crippen LogP contribution >= 0.6 is 0 Å². The van der Waals surface area contributed by atoms with Crippen molar-refractivity contribution < 1.29 is 14.3 Å². The van der Waals surface area contributed by atoms with E-state index in [0.717, 1.165) is 6.42 Å². The van der Waals surface area contributed by atoms with Crippen LogP contribution in [0.3, 0.4) is 0 Å². The number of hydrogen-bond donors (Lipinski definition) is 0. The predicted molar refractivity (Wildman–Crippen MR) is 63.2 cm³/mol. The fourth-order valence-electron chi connectivity index (χ4n) is 1.40. The van der Waals surface area contributed by atoms with Gasteiger partial charge in [-0.1, -0.05) is 6.92 Å². The first-order valence-corrected chi connectivity index (χ1v) is 5.53. The molecule has 0 spiro atoms. The van der Waals surface area contributed by atoms with Crippen molar-refractivity contribution >= 4 is 5.97 Å². The van der Waals surface area contributed by atoms with Gasteiger partial charge in [-0.3, -0.25) is 9.36 Å². The van der Waals surface area contributed by atoms with Crippen LogP contribution in [0.5, 0.6) is 5.75 Å². The Morgan fingerprint density at radius 3 is 2.82 bits per heavy atom. The maximum absolute atomic E-state index is 12.0. The Balaban J connectivity index is 3.01. The minimum Gasteiger partial charge on any atom is -0.488 e. The summed E-state index contributed by atoms with van der Waals surface area (Å²) in [5.41, 5.74) is -0.321. The lowest BCUT2D eigenvalue weighted by atomic mass is 10.3. The van der Waals surface area contributed by atoms with Gasteiger partial charge in [0.05, 0.1) is 13.7 Å². The largest absolute Gasteiger partial charge is 0.488 e. The maximum Gasteiger partial charge on any atom is 0.328 e. The van der Waals surface area contributed by atoms with Crippen LogP contribution in [0.15, 0.2) is 23.1 Å². The highest BCUT2D eigenvalue weighted by Crippen LogP contribution is 2.08. The van der Waals surface area contributed by atoms with Gasteiger partial charge in [0.25, 0.3) is 5.56 Å². The Labute approximate surface area is 100.0 Å². The predicted octanol–water partition coefficient (Wildman–Crippen LogP) is 1.37. The van der Waals surface area contributed by atoms with Gasteiger partial charge in [0.2, 0.25) is 0 Å². The van der Waals surface area contributed by atoms with Gasteiger partial charge in [0.15, 0.2) is 5.75 Å². The quantitative estimate of drug-likeness (QED) is 0.728. The topological polar surface area (TPSA) is 57.5 Å². The normalized spacial score (nSPS) is 11.9. The second-order valence-electron chi connectivity index (χ2n) is 3.63. The third kappa shape index (κ3) is 3.09. The summed E-state index contributed by atoms with van der Waals surface area (Å²) in [5.74, 6) is -0.204. The summed E-state index contributed by atoms with van der Waals surface area (Å²) in [6.07, 6.45) is 2.36. The molecule has 0 N–H and O–H groups in total. The molecule has 1 heterocycles. The summed E-state index contributed by atoms with van der Waals surface area (Å²) in [4.78, 5) is 23.3. The van der Waals surface area contributed by atoms with Gasteiger partial charge in [-0.05, 0) is 25.5 Å². The molecule has 0 aromatic carbocycles. The molecular formula is C12H17NO4. The van der Waals surface area contributed by atoms with Crippen LogP contribution in [0.25, 0.3) is 0 Å². The molecule has 0 saturated carbocycles. The smallest absolute Gasteiger partial charge is 0.328 e. The number of pyridine rings is 1. The second-order valence-corrected chi connectivity index (χ2v) is 3.63. The molecule has 5 nitrogen and oxygen atoms in total. The molecule has 0 fully saturated rings. The van der Waals surface area contributed by atoms with Crippen LogP contribution < -0.4 is 10.3 Å². The zero-order valence-corrected chi connectivity index (χ0v) is 10.3. The van der Waals surface area contributed by atoms with Crippen molar-refractivity contribution in [3.05, 3.63) is 28.7 Å². The minimum absolute atomic E-state index is 0.255. The number of aromatic nitrogens is 1. The molecule has 0 aliphatic heterocycles. The zero-order chi connectivity index (χ0) is 12.8. The van der Waals surface area contributed by atoms with Crippen molar-refractivity contribution in [1.82, 2.24) is 4.57 Å². The highest BCUT2D eigenvalue weighted by Gasteiger charge is 2.17. The first-order chi connectivity index (χ1) is 8.11. The van der Waals surface area contributed by atoms with Gasteiger partial charge < -0.3 is 9.47 Å². The summed E-state index contributed by atoms with van der Waals surface area (Å²) in [7, 11) is 1.29. The van der Waals surface area contributed by atoms with Crippen molar-refractivity contribution in [3.8, 4) is 5.75 Å². The standard InChI is InChI=1S/C12H17NO4/c1-4-8-17-10-6-5-7-13(11(10)14)9(2)12(15)16-3/h5-7,9H,4,8H2,1-3H3. The van der Waals surface area contributed by atoms with E-state index >= 15 is 0 Å². The van der Waals surface area contributed by atoms with Gasteiger partial charge in [0.1, 0.15) is 6.04 Å². The molecule has 0 saturated heterocycles. The van der Waals surface area contributed by atoms with Gasteiger partial charge in [-0.2, -0.15) is 0 Å². The van der Waals surface area contributed by atoms with Crippen molar-refractivity contribution in [1.29, 1.82) is 0 Å². The maximum atomic E-state index is 12.0. The molecule has 1 rings (SSSR count). The van der Waals surface area contributed by atoms with E-state index in [1.807, 2.05) is 6.92 Å². The van der Waals surface area contributed by atoms with Gasteiger partial charge in [0, 0.05) is 6.20 Å². The van der Waals surface area contributed by atoms with Crippen LogP contribution in [0.4, 0.5) is 0 Å². The molecule has 1 aromatic heterocycles. The molecule has 0 radical (unpaired) electrons. The number of carbonyl (C=O) groups excluding carboxylic acids is 1. The van der Waals surface area contributed by atoms with Crippen LogP contribution in [-0.2, 0) is 9.53 Å². The lowest BCUT2D eigenvalue weighted by Gasteiger charge is -2.13. The summed E-state index contributed by atoms with van der Waals surface area (Å²) >= 11 is 0. The average Bonchev–Trinajstić information content (AvgIpc) is 2.35. The number of carbonyl (C=O) groups is 1. The minimum atomic E-state index is -0.655. The van der Waals surface area contributed by atoms with Crippen molar-refractivity contribution in [2.75, 3.05) is 13.7 Å². The lowest BCUT2D eigenvalue weighted by Crippen LogP contribution is -2.29. The van der Waals surface area contributed by atoms with Crippen LogP contribution in [-0.4, -0.2) is 24.3 Å². The zero-order valence-electron chi connectivity index (χ0n) is 10.3. The van der Waals surface area contributed by atoms with E-state index < -0.39 is 12.0 Å². The molecule has 1 unspecified atom stereocenters. The van der Waals surface area contributed by atoms with Crippen molar-refractivity contribution in [2.45, 2.75) is 26.3 Å². The SMILES string of the molecule is CCCOc1cccn(C(C)C(=O)OC)c1=O. The summed E-state index contributed by atoms with van der Waals surface area (Å²) in [5, 5.41) is 0. The number of hydrogen-bond acceptors (Lipinski definition) is 4. The fourth-order valence-corrected chi connectivity index (χ4v) is 1.40. The molecule has 0 bridgehead atoms. The first-order valence-electron chi connectivity index (χ1n) is 5.53. The van der Waals surface area contributed by atoms with Gasteiger partial charge in [-0.25, -0.2) is 4.79 Å². The van der Waals surface area contributed by atoms with Crippen LogP contribution in [0.1, 0.15) is 26.3 Å². The van der Waals surface area contributed by atoms with Gasteiger partial charge in [-0.15, -0.1) is 0 Å². The van der Waals surface area contributed by atoms with E-state index in [2.05, 4.69) is 4.74 Å². The Morgan fingerprint density at radius 1 is 1.53 bits per heavy atom. The number of esters is 1. The molecule has 1 atom stereocenters. The second kappa shape index (κ2) is 6.08. The molecular weight excluding hydrogens is 222 g/mol. The third-order valence-corrected chi connectivity index (χ3v) is 2.36. The molecule has 0 amide bonds. The number of ether oxygens (including phenoxy) is 2. The summed E-state index contributed by atoms with van der Waals surface area (Å²) in [6, 6.07) is 2.61. The third-order valence-electron chi connectivity index (χ3n) is 2.36. The number of rotatable bonds is 5. The highest BCUT2D eigenvalue weighted by atomic mass is 16.5. The average molecular weight is 239 g/mol. The summed E-state index contributed by atoms with van der Waals surface area (Å²) in [6.45, 7) is 4.04. The van der Waals surface area contributed by atoms with Gasteiger partial charge >= 0.3 is 5.97 Å². The van der Waals surface area contributed by atoms with E-state index in [1.54, 1.807) is 25.3 Å². The Kier molecular flexibility index (Phi) is 4.75. The summed E-state index contributed by atoms with van der Waals surface area (Å²) < 4.78 is 11.2. The van der Waals surface area contributed by atoms with Crippen molar-refractivity contribution in [3.63, 3.8) is 0 Å². The molecule has 0 aliphatic rings. The monoisotopic (exact) mass is 239 g/mol. The van der Waals surface area contributed by atoms with Crippen molar-refractivity contribution in [2.24, 2.45) is 0 Å². The Morgan fingerprint density at radius 2 is 2.24 bits per heavy atom. The molecule has 5 heteroatoms. The van der Waals surface area contributed by atoms with E-state index in [-0.39, 0.29) is 11.3 Å². The number of nitrogens with zero attached hydrogens (tertiary/aromatic N) is 1. The molecule has 94 valence electrons.